The molecule has 0 heterocycles. The smallest absolute Gasteiger partial charge is 0.288 e. The summed E-state index contributed by atoms with van der Waals surface area (Å²) in [7, 11) is -3.23. The molecule has 0 unspecified atom stereocenters. The maximum atomic E-state index is 11.4. The van der Waals surface area contributed by atoms with Gasteiger partial charge in [-0.1, -0.05) is 6.92 Å². The molecule has 0 aliphatic rings. The minimum atomic E-state index is -3.23. The van der Waals surface area contributed by atoms with E-state index in [1.807, 2.05) is 0 Å². The SMILES string of the molecule is CCS(=O)(=O)c1ccc(NC(=O)C=O)cc1. The van der Waals surface area contributed by atoms with Crippen molar-refractivity contribution in [3.05, 3.63) is 24.3 Å². The Labute approximate surface area is 93.4 Å². The Balaban J connectivity index is 2.92. The molecule has 16 heavy (non-hydrogen) atoms. The monoisotopic (exact) mass is 241 g/mol. The van der Waals surface area contributed by atoms with E-state index in [1.54, 1.807) is 6.92 Å². The summed E-state index contributed by atoms with van der Waals surface area (Å²) >= 11 is 0. The fraction of sp³-hybridized carbons (Fsp3) is 0.200. The molecule has 1 aromatic rings. The van der Waals surface area contributed by atoms with E-state index >= 15 is 0 Å². The van der Waals surface area contributed by atoms with Crippen molar-refractivity contribution in [2.75, 3.05) is 11.1 Å². The average molecular weight is 241 g/mol. The molecule has 0 fully saturated rings. The van der Waals surface area contributed by atoms with E-state index in [0.717, 1.165) is 0 Å². The Morgan fingerprint density at radius 2 is 1.88 bits per heavy atom. The van der Waals surface area contributed by atoms with Crippen molar-refractivity contribution in [3.8, 4) is 0 Å². The first-order chi connectivity index (χ1) is 7.49. The van der Waals surface area contributed by atoms with Gasteiger partial charge >= 0.3 is 0 Å². The zero-order valence-corrected chi connectivity index (χ0v) is 9.45. The number of sulfone groups is 1. The number of nitrogens with one attached hydrogen (secondary N) is 1. The number of hydrogen-bond donors (Lipinski definition) is 1. The molecule has 1 aromatic carbocycles. The first-order valence-corrected chi connectivity index (χ1v) is 6.24. The maximum Gasteiger partial charge on any atom is 0.288 e. The van der Waals surface area contributed by atoms with Crippen LogP contribution in [0.15, 0.2) is 29.2 Å². The van der Waals surface area contributed by atoms with Gasteiger partial charge in [-0.3, -0.25) is 9.59 Å². The van der Waals surface area contributed by atoms with Crippen molar-refractivity contribution in [2.45, 2.75) is 11.8 Å². The lowest BCUT2D eigenvalue weighted by molar-refractivity contribution is -0.127. The molecular weight excluding hydrogens is 230 g/mol. The molecule has 5 nitrogen and oxygen atoms in total. The summed E-state index contributed by atoms with van der Waals surface area (Å²) < 4.78 is 22.9. The lowest BCUT2D eigenvalue weighted by Gasteiger charge is -2.03. The second kappa shape index (κ2) is 4.89. The number of carbonyl (C=O) groups excluding carboxylic acids is 2. The lowest BCUT2D eigenvalue weighted by Crippen LogP contribution is -2.12. The van der Waals surface area contributed by atoms with E-state index in [9.17, 15) is 18.0 Å². The molecule has 1 rings (SSSR count). The van der Waals surface area contributed by atoms with Gasteiger partial charge in [0.25, 0.3) is 5.91 Å². The van der Waals surface area contributed by atoms with E-state index in [2.05, 4.69) is 5.32 Å². The van der Waals surface area contributed by atoms with E-state index in [4.69, 9.17) is 0 Å². The summed E-state index contributed by atoms with van der Waals surface area (Å²) in [6.07, 6.45) is 0.150. The summed E-state index contributed by atoms with van der Waals surface area (Å²) in [4.78, 5) is 21.0. The molecule has 0 aliphatic heterocycles. The van der Waals surface area contributed by atoms with Crippen LogP contribution < -0.4 is 5.32 Å². The fourth-order valence-electron chi connectivity index (χ4n) is 1.08. The van der Waals surface area contributed by atoms with Crippen molar-refractivity contribution < 1.29 is 18.0 Å². The van der Waals surface area contributed by atoms with Crippen molar-refractivity contribution in [2.24, 2.45) is 0 Å². The highest BCUT2D eigenvalue weighted by Crippen LogP contribution is 2.14. The van der Waals surface area contributed by atoms with Gasteiger partial charge in [0.05, 0.1) is 10.6 Å². The summed E-state index contributed by atoms with van der Waals surface area (Å²) in [5.74, 6) is -0.751. The van der Waals surface area contributed by atoms with Gasteiger partial charge in [0, 0.05) is 5.69 Å². The Hall–Kier alpha value is -1.69. The van der Waals surface area contributed by atoms with Gasteiger partial charge in [-0.2, -0.15) is 0 Å². The quantitative estimate of drug-likeness (QED) is 0.619. The zero-order valence-electron chi connectivity index (χ0n) is 8.64. The molecule has 6 heteroatoms. The standard InChI is InChI=1S/C10H11NO4S/c1-2-16(14,15)9-5-3-8(4-6-9)11-10(13)7-12/h3-7H,2H2,1H3,(H,11,13). The molecule has 0 bridgehead atoms. The Kier molecular flexibility index (Phi) is 3.78. The van der Waals surface area contributed by atoms with Crippen molar-refractivity contribution in [1.82, 2.24) is 0 Å². The maximum absolute atomic E-state index is 11.4. The van der Waals surface area contributed by atoms with Gasteiger partial charge in [-0.05, 0) is 24.3 Å². The molecule has 0 radical (unpaired) electrons. The van der Waals surface area contributed by atoms with Crippen molar-refractivity contribution in [1.29, 1.82) is 0 Å². The molecule has 0 saturated heterocycles. The number of amides is 1. The van der Waals surface area contributed by atoms with Crippen molar-refractivity contribution in [3.63, 3.8) is 0 Å². The second-order valence-electron chi connectivity index (χ2n) is 3.03. The average Bonchev–Trinajstić information content (AvgIpc) is 2.29. The summed E-state index contributed by atoms with van der Waals surface area (Å²) in [5, 5.41) is 2.29. The van der Waals surface area contributed by atoms with Gasteiger partial charge < -0.3 is 5.32 Å². The number of benzene rings is 1. The normalized spacial score (nSPS) is 10.8. The van der Waals surface area contributed by atoms with Gasteiger partial charge in [-0.25, -0.2) is 8.42 Å². The molecular formula is C10H11NO4S. The molecule has 0 atom stereocenters. The molecule has 0 aromatic heterocycles. The van der Waals surface area contributed by atoms with Gasteiger partial charge in [0.1, 0.15) is 0 Å². The van der Waals surface area contributed by atoms with Crippen LogP contribution in [0.25, 0.3) is 0 Å². The third-order valence-corrected chi connectivity index (χ3v) is 3.72. The van der Waals surface area contributed by atoms with Crippen molar-refractivity contribution >= 4 is 27.7 Å². The predicted molar refractivity (Wildman–Crippen MR) is 58.9 cm³/mol. The minimum absolute atomic E-state index is 0.0209. The topological polar surface area (TPSA) is 80.3 Å². The number of rotatable bonds is 4. The zero-order chi connectivity index (χ0) is 12.2. The van der Waals surface area contributed by atoms with E-state index < -0.39 is 15.7 Å². The van der Waals surface area contributed by atoms with Crippen LogP contribution in [-0.4, -0.2) is 26.4 Å². The lowest BCUT2D eigenvalue weighted by atomic mass is 10.3. The van der Waals surface area contributed by atoms with Crippen LogP contribution in [0.5, 0.6) is 0 Å². The molecule has 0 aliphatic carbocycles. The molecule has 1 N–H and O–H groups in total. The van der Waals surface area contributed by atoms with E-state index in [1.165, 1.54) is 24.3 Å². The molecule has 86 valence electrons. The summed E-state index contributed by atoms with van der Waals surface area (Å²) in [6, 6.07) is 5.65. The Bertz CT molecular complexity index is 490. The number of anilines is 1. The van der Waals surface area contributed by atoms with Crippen LogP contribution in [-0.2, 0) is 19.4 Å². The molecule has 0 spiro atoms. The highest BCUT2D eigenvalue weighted by Gasteiger charge is 2.10. The van der Waals surface area contributed by atoms with Gasteiger partial charge in [-0.15, -0.1) is 0 Å². The largest absolute Gasteiger partial charge is 0.320 e. The highest BCUT2D eigenvalue weighted by atomic mass is 32.2. The van der Waals surface area contributed by atoms with Gasteiger partial charge in [0.15, 0.2) is 9.84 Å². The first kappa shape index (κ1) is 12.4. The summed E-state index contributed by atoms with van der Waals surface area (Å²) in [5.41, 5.74) is 0.382. The summed E-state index contributed by atoms with van der Waals surface area (Å²) in [6.45, 7) is 1.55. The van der Waals surface area contributed by atoms with Crippen LogP contribution in [0.2, 0.25) is 0 Å². The predicted octanol–water partition coefficient (Wildman–Crippen LogP) is 0.618. The third kappa shape index (κ3) is 2.90. The van der Waals surface area contributed by atoms with E-state index in [-0.39, 0.29) is 16.9 Å². The third-order valence-electron chi connectivity index (χ3n) is 1.97. The Morgan fingerprint density at radius 1 is 1.31 bits per heavy atom. The highest BCUT2D eigenvalue weighted by molar-refractivity contribution is 7.91. The van der Waals surface area contributed by atoms with Crippen LogP contribution >= 0.6 is 0 Å². The van der Waals surface area contributed by atoms with Crippen LogP contribution in [0.4, 0.5) is 5.69 Å². The Morgan fingerprint density at radius 3 is 2.31 bits per heavy atom. The number of aldehydes is 1. The first-order valence-electron chi connectivity index (χ1n) is 4.58. The van der Waals surface area contributed by atoms with E-state index in [0.29, 0.717) is 5.69 Å². The second-order valence-corrected chi connectivity index (χ2v) is 5.31. The molecule has 0 saturated carbocycles. The van der Waals surface area contributed by atoms with Gasteiger partial charge in [0.2, 0.25) is 6.29 Å². The number of hydrogen-bond acceptors (Lipinski definition) is 4. The minimum Gasteiger partial charge on any atom is -0.320 e. The van der Waals surface area contributed by atoms with Crippen LogP contribution in [0.3, 0.4) is 0 Å². The fourth-order valence-corrected chi connectivity index (χ4v) is 1.97. The number of carbonyl (C=O) groups is 2. The molecule has 1 amide bonds. The van der Waals surface area contributed by atoms with Crippen LogP contribution in [0.1, 0.15) is 6.92 Å². The van der Waals surface area contributed by atoms with Crippen LogP contribution in [0, 0.1) is 0 Å².